The van der Waals surface area contributed by atoms with Gasteiger partial charge in [0.05, 0.1) is 36.6 Å². The molecule has 188 valence electrons. The van der Waals surface area contributed by atoms with E-state index < -0.39 is 0 Å². The molecule has 2 aromatic rings. The molecule has 1 fully saturated rings. The lowest BCUT2D eigenvalue weighted by Crippen LogP contribution is -2.41. The number of aromatic nitrogens is 1. The van der Waals surface area contributed by atoms with Crippen LogP contribution in [0.5, 0.6) is 0 Å². The van der Waals surface area contributed by atoms with E-state index in [1.807, 2.05) is 13.0 Å². The van der Waals surface area contributed by atoms with Gasteiger partial charge in [-0.3, -0.25) is 4.79 Å². The molecule has 1 aliphatic rings. The summed E-state index contributed by atoms with van der Waals surface area (Å²) in [4.78, 5) is 18.9. The van der Waals surface area contributed by atoms with Crippen LogP contribution in [0.4, 0.5) is 17.2 Å². The topological polar surface area (TPSA) is 87.5 Å². The largest absolute Gasteiger partial charge is 0.469 e. The minimum absolute atomic E-state index is 0.0154. The van der Waals surface area contributed by atoms with Crippen LogP contribution in [0.1, 0.15) is 69.9 Å². The van der Waals surface area contributed by atoms with E-state index in [0.29, 0.717) is 35.9 Å². The molecule has 0 unspecified atom stereocenters. The predicted octanol–water partition coefficient (Wildman–Crippen LogP) is 5.78. The second-order valence-electron chi connectivity index (χ2n) is 9.84. The number of esters is 1. The number of carbonyl (C=O) groups excluding carboxylic acids is 1. The molecule has 7 nitrogen and oxygen atoms in total. The minimum Gasteiger partial charge on any atom is -0.469 e. The number of hydrogen-bond acceptors (Lipinski definition) is 7. The van der Waals surface area contributed by atoms with E-state index in [1.54, 1.807) is 19.4 Å². The van der Waals surface area contributed by atoms with Crippen molar-refractivity contribution < 1.29 is 14.3 Å². The molecule has 0 saturated heterocycles. The van der Waals surface area contributed by atoms with Gasteiger partial charge < -0.3 is 19.7 Å². The van der Waals surface area contributed by atoms with E-state index in [9.17, 15) is 4.79 Å². The maximum absolute atomic E-state index is 11.9. The average Bonchev–Trinajstić information content (AvgIpc) is 2.87. The normalized spacial score (nSPS) is 18.5. The number of ether oxygens (including phenoxy) is 2. The van der Waals surface area contributed by atoms with Gasteiger partial charge in [0.1, 0.15) is 11.9 Å². The van der Waals surface area contributed by atoms with E-state index in [1.165, 1.54) is 7.11 Å². The second kappa shape index (κ2) is 12.6. The number of pyridine rings is 1. The van der Waals surface area contributed by atoms with Crippen molar-refractivity contribution in [2.45, 2.75) is 70.9 Å². The zero-order chi connectivity index (χ0) is 25.4. The highest BCUT2D eigenvalue weighted by molar-refractivity contribution is 5.76. The molecule has 1 aliphatic carbocycles. The molecule has 7 heteroatoms. The molecule has 1 atom stereocenters. The Bertz CT molecular complexity index is 1010. The summed E-state index contributed by atoms with van der Waals surface area (Å²) < 4.78 is 10.5. The molecule has 1 aromatic carbocycles. The average molecular weight is 479 g/mol. The van der Waals surface area contributed by atoms with E-state index in [-0.39, 0.29) is 11.9 Å². The van der Waals surface area contributed by atoms with Crippen molar-refractivity contribution in [3.8, 4) is 6.07 Å². The first-order valence-corrected chi connectivity index (χ1v) is 12.5. The predicted molar refractivity (Wildman–Crippen MR) is 139 cm³/mol. The molecular formula is C28H38N4O3. The highest BCUT2D eigenvalue weighted by atomic mass is 16.5. The van der Waals surface area contributed by atoms with Gasteiger partial charge in [0, 0.05) is 25.9 Å². The Kier molecular flexibility index (Phi) is 9.50. The molecule has 0 bridgehead atoms. The molecule has 1 aromatic heterocycles. The first kappa shape index (κ1) is 26.5. The molecule has 3 rings (SSSR count). The Morgan fingerprint density at radius 2 is 1.91 bits per heavy atom. The molecule has 35 heavy (non-hydrogen) atoms. The van der Waals surface area contributed by atoms with Gasteiger partial charge in [0.2, 0.25) is 0 Å². The SMILES string of the molecule is COC(=O)C[C@@H](C)c1ccc(N(CC(C)C)[C@H]2CC[C@H](OC)CC2)c(Nc2ccc(C#N)cn2)c1. The summed E-state index contributed by atoms with van der Waals surface area (Å²) in [6, 6.07) is 12.5. The summed E-state index contributed by atoms with van der Waals surface area (Å²) in [5, 5.41) is 12.6. The van der Waals surface area contributed by atoms with Crippen LogP contribution >= 0.6 is 0 Å². The quantitative estimate of drug-likeness (QED) is 0.433. The van der Waals surface area contributed by atoms with Gasteiger partial charge in [0.25, 0.3) is 0 Å². The van der Waals surface area contributed by atoms with Crippen molar-refractivity contribution in [2.24, 2.45) is 5.92 Å². The number of nitrogens with zero attached hydrogens (tertiary/aromatic N) is 3. The van der Waals surface area contributed by atoms with Crippen LogP contribution in [0.15, 0.2) is 36.5 Å². The van der Waals surface area contributed by atoms with Gasteiger partial charge in [-0.1, -0.05) is 26.8 Å². The third-order valence-corrected chi connectivity index (χ3v) is 6.73. The van der Waals surface area contributed by atoms with Crippen LogP contribution in [-0.4, -0.2) is 43.9 Å². The van der Waals surface area contributed by atoms with E-state index >= 15 is 0 Å². The summed E-state index contributed by atoms with van der Waals surface area (Å²) in [5.41, 5.74) is 3.65. The van der Waals surface area contributed by atoms with E-state index in [4.69, 9.17) is 14.7 Å². The minimum atomic E-state index is -0.221. The van der Waals surface area contributed by atoms with Gasteiger partial charge in [0.15, 0.2) is 0 Å². The third-order valence-electron chi connectivity index (χ3n) is 6.73. The lowest BCUT2D eigenvalue weighted by Gasteiger charge is -2.40. The lowest BCUT2D eigenvalue weighted by atomic mass is 9.90. The van der Waals surface area contributed by atoms with Gasteiger partial charge in [-0.05, 0) is 67.3 Å². The number of methoxy groups -OCH3 is 2. The maximum atomic E-state index is 11.9. The van der Waals surface area contributed by atoms with Crippen molar-refractivity contribution in [3.05, 3.63) is 47.7 Å². The maximum Gasteiger partial charge on any atom is 0.306 e. The van der Waals surface area contributed by atoms with Crippen LogP contribution in [0.2, 0.25) is 0 Å². The Morgan fingerprint density at radius 3 is 2.49 bits per heavy atom. The molecule has 1 saturated carbocycles. The number of benzene rings is 1. The zero-order valence-corrected chi connectivity index (χ0v) is 21.6. The number of hydrogen-bond donors (Lipinski definition) is 1. The fourth-order valence-electron chi connectivity index (χ4n) is 4.76. The Labute approximate surface area is 209 Å². The molecule has 1 N–H and O–H groups in total. The smallest absolute Gasteiger partial charge is 0.306 e. The molecule has 1 heterocycles. The summed E-state index contributed by atoms with van der Waals surface area (Å²) in [6.07, 6.45) is 6.52. The van der Waals surface area contributed by atoms with Crippen molar-refractivity contribution in [1.82, 2.24) is 4.98 Å². The standard InChI is InChI=1S/C28H38N4O3/c1-19(2)18-32(23-8-10-24(34-4)11-9-23)26-12-7-22(20(3)14-28(33)35-5)15-25(26)31-27-13-6-21(16-29)17-30-27/h6-7,12-13,15,17,19-20,23-24H,8-11,14,18H2,1-5H3,(H,30,31)/t20-,23-,24-/m1/s1. The Hall–Kier alpha value is -3.11. The van der Waals surface area contributed by atoms with E-state index in [2.05, 4.69) is 53.3 Å². The number of rotatable bonds is 10. The molecule has 0 aliphatic heterocycles. The molecule has 0 amide bonds. The van der Waals surface area contributed by atoms with Crippen LogP contribution in [0.25, 0.3) is 0 Å². The molecular weight excluding hydrogens is 440 g/mol. The number of nitrogens with one attached hydrogen (secondary N) is 1. The summed E-state index contributed by atoms with van der Waals surface area (Å²) in [5.74, 6) is 0.965. The first-order chi connectivity index (χ1) is 16.8. The van der Waals surface area contributed by atoms with Crippen LogP contribution in [-0.2, 0) is 14.3 Å². The van der Waals surface area contributed by atoms with Crippen molar-refractivity contribution in [1.29, 1.82) is 5.26 Å². The zero-order valence-electron chi connectivity index (χ0n) is 21.6. The number of nitriles is 1. The summed E-state index contributed by atoms with van der Waals surface area (Å²) in [7, 11) is 3.22. The Balaban J connectivity index is 1.98. The van der Waals surface area contributed by atoms with Crippen LogP contribution in [0.3, 0.4) is 0 Å². The van der Waals surface area contributed by atoms with Crippen molar-refractivity contribution >= 4 is 23.2 Å². The number of anilines is 3. The lowest BCUT2D eigenvalue weighted by molar-refractivity contribution is -0.140. The van der Waals surface area contributed by atoms with Gasteiger partial charge in [-0.25, -0.2) is 4.98 Å². The van der Waals surface area contributed by atoms with Gasteiger partial charge in [-0.15, -0.1) is 0 Å². The third kappa shape index (κ3) is 7.19. The fourth-order valence-corrected chi connectivity index (χ4v) is 4.76. The highest BCUT2D eigenvalue weighted by Gasteiger charge is 2.28. The summed E-state index contributed by atoms with van der Waals surface area (Å²) >= 11 is 0. The first-order valence-electron chi connectivity index (χ1n) is 12.5. The van der Waals surface area contributed by atoms with Crippen LogP contribution in [0, 0.1) is 17.2 Å². The number of carbonyl (C=O) groups is 1. The fraction of sp³-hybridized carbons (Fsp3) is 0.536. The van der Waals surface area contributed by atoms with Gasteiger partial charge in [-0.2, -0.15) is 5.26 Å². The summed E-state index contributed by atoms with van der Waals surface area (Å²) in [6.45, 7) is 7.47. The van der Waals surface area contributed by atoms with E-state index in [0.717, 1.165) is 49.2 Å². The van der Waals surface area contributed by atoms with Crippen molar-refractivity contribution in [3.63, 3.8) is 0 Å². The molecule has 0 radical (unpaired) electrons. The van der Waals surface area contributed by atoms with Gasteiger partial charge >= 0.3 is 5.97 Å². The van der Waals surface area contributed by atoms with Crippen molar-refractivity contribution in [2.75, 3.05) is 31.0 Å². The second-order valence-corrected chi connectivity index (χ2v) is 9.84. The molecule has 0 spiro atoms. The Morgan fingerprint density at radius 1 is 1.17 bits per heavy atom. The van der Waals surface area contributed by atoms with Crippen LogP contribution < -0.4 is 10.2 Å². The monoisotopic (exact) mass is 478 g/mol. The highest BCUT2D eigenvalue weighted by Crippen LogP contribution is 2.37.